The molecule has 1 aromatic heterocycles. The number of urea groups is 1. The Kier molecular flexibility index (Phi) is 10.6. The van der Waals surface area contributed by atoms with Crippen LogP contribution in [0.5, 0.6) is 0 Å². The lowest BCUT2D eigenvalue weighted by Gasteiger charge is -2.35. The summed E-state index contributed by atoms with van der Waals surface area (Å²) in [5.41, 5.74) is 2.44. The molecular weight excluding hydrogens is 694 g/mol. The van der Waals surface area contributed by atoms with Crippen LogP contribution in [0.2, 0.25) is 30.7 Å². The van der Waals surface area contributed by atoms with Crippen LogP contribution in [0.15, 0.2) is 42.6 Å². The molecule has 3 aliphatic heterocycles. The lowest BCUT2D eigenvalue weighted by atomic mass is 9.90. The summed E-state index contributed by atoms with van der Waals surface area (Å²) in [6.45, 7) is 8.19. The van der Waals surface area contributed by atoms with Crippen molar-refractivity contribution >= 4 is 60.9 Å². The highest BCUT2D eigenvalue weighted by Crippen LogP contribution is 2.44. The maximum absolute atomic E-state index is 14.0. The van der Waals surface area contributed by atoms with Crippen LogP contribution in [0.1, 0.15) is 49.5 Å². The molecule has 51 heavy (non-hydrogen) atoms. The molecule has 4 N–H and O–H groups in total. The van der Waals surface area contributed by atoms with Crippen LogP contribution in [-0.4, -0.2) is 73.5 Å². The lowest BCUT2D eigenvalue weighted by molar-refractivity contribution is -0.116. The first-order valence-corrected chi connectivity index (χ1v) is 21.2. The van der Waals surface area contributed by atoms with Gasteiger partial charge in [0, 0.05) is 62.1 Å². The van der Waals surface area contributed by atoms with E-state index < -0.39 is 31.9 Å². The number of amides is 5. The van der Waals surface area contributed by atoms with Gasteiger partial charge in [-0.1, -0.05) is 37.7 Å². The number of halogens is 1. The molecular formula is C35H44ClN7O7Si. The van der Waals surface area contributed by atoms with E-state index in [4.69, 9.17) is 30.8 Å². The van der Waals surface area contributed by atoms with Crippen LogP contribution < -0.4 is 21.3 Å². The number of rotatable bonds is 7. The van der Waals surface area contributed by atoms with Crippen LogP contribution in [0.25, 0.3) is 11.3 Å². The molecule has 4 heterocycles. The number of anilines is 3. The van der Waals surface area contributed by atoms with E-state index in [-0.39, 0.29) is 31.6 Å². The van der Waals surface area contributed by atoms with Crippen molar-refractivity contribution in [1.29, 1.82) is 0 Å². The maximum atomic E-state index is 14.0. The number of likely N-dealkylation sites (tertiary alicyclic amines) is 1. The number of carbonyl (C=O) groups excluding carboxylic acids is 4. The van der Waals surface area contributed by atoms with Gasteiger partial charge in [0.1, 0.15) is 12.6 Å². The number of hydrogen-bond acceptors (Lipinski definition) is 8. The van der Waals surface area contributed by atoms with E-state index >= 15 is 0 Å². The van der Waals surface area contributed by atoms with Crippen molar-refractivity contribution in [3.8, 4) is 11.3 Å². The van der Waals surface area contributed by atoms with Crippen molar-refractivity contribution in [3.63, 3.8) is 0 Å². The van der Waals surface area contributed by atoms with E-state index in [1.165, 1.54) is 7.11 Å². The number of aromatic nitrogens is 2. The average Bonchev–Trinajstić information content (AvgIpc) is 3.69. The standard InChI is InChI=1S/C35H44ClN7O7Si/c1-48-33(46)37-23-10-11-24-28(18-23)38-30(44)8-6-5-7-27(31-39-29(24)19-43(31)21-49-15-16-51(2,3)4)40-32(45)42-14-13-35(20-42)25-17-22(36)9-12-26(25)41-34(47)50-35/h9-12,17-19,27H,5-8,13-16,20-21H2,1-4H3,(H,37,46)(H,38,44)(H,40,45)(H,41,47)/t27-,35-/m0/s1. The van der Waals surface area contributed by atoms with Gasteiger partial charge in [0.05, 0.1) is 36.8 Å². The summed E-state index contributed by atoms with van der Waals surface area (Å²) in [4.78, 5) is 58.3. The van der Waals surface area contributed by atoms with E-state index in [2.05, 4.69) is 40.9 Å². The molecule has 3 aromatic rings. The highest BCUT2D eigenvalue weighted by atomic mass is 35.5. The average molecular weight is 738 g/mol. The van der Waals surface area contributed by atoms with Crippen LogP contribution in [0, 0.1) is 0 Å². The lowest BCUT2D eigenvalue weighted by Crippen LogP contribution is -2.45. The van der Waals surface area contributed by atoms with E-state index in [1.54, 1.807) is 41.3 Å². The summed E-state index contributed by atoms with van der Waals surface area (Å²) >= 11 is 6.33. The number of ether oxygens (including phenoxy) is 3. The highest BCUT2D eigenvalue weighted by molar-refractivity contribution is 6.76. The normalized spacial score (nSPS) is 20.2. The summed E-state index contributed by atoms with van der Waals surface area (Å²) < 4.78 is 18.7. The molecule has 1 saturated heterocycles. The first-order valence-electron chi connectivity index (χ1n) is 17.1. The van der Waals surface area contributed by atoms with E-state index in [0.29, 0.717) is 78.0 Å². The fourth-order valence-corrected chi connectivity index (χ4v) is 7.51. The summed E-state index contributed by atoms with van der Waals surface area (Å²) in [7, 11) is -0.0688. The molecule has 16 heteroatoms. The second-order valence-corrected chi connectivity index (χ2v) is 20.4. The Labute approximate surface area is 302 Å². The van der Waals surface area contributed by atoms with Gasteiger partial charge in [-0.15, -0.1) is 0 Å². The third kappa shape index (κ3) is 8.48. The number of hydrogen-bond donors (Lipinski definition) is 4. The Morgan fingerprint density at radius 2 is 1.94 bits per heavy atom. The van der Waals surface area contributed by atoms with Gasteiger partial charge in [-0.25, -0.2) is 19.4 Å². The van der Waals surface area contributed by atoms with Crippen molar-refractivity contribution in [1.82, 2.24) is 19.8 Å². The molecule has 0 aliphatic carbocycles. The van der Waals surface area contributed by atoms with Gasteiger partial charge in [0.2, 0.25) is 5.91 Å². The SMILES string of the molecule is COC(=O)Nc1ccc2c(c1)NC(=O)CCCC[C@H](NC(=O)N1CC[C@@]3(C1)OC(=O)Nc1ccc(Cl)cc13)c1nc-2cn1COCC[Si](C)(C)C. The summed E-state index contributed by atoms with van der Waals surface area (Å²) in [6, 6.07) is 10.5. The minimum absolute atomic E-state index is 0.154. The molecule has 272 valence electrons. The largest absolute Gasteiger partial charge is 0.453 e. The van der Waals surface area contributed by atoms with Gasteiger partial charge in [-0.05, 0) is 55.3 Å². The molecule has 5 amide bonds. The second-order valence-electron chi connectivity index (χ2n) is 14.3. The molecule has 1 spiro atoms. The Bertz CT molecular complexity index is 1830. The number of nitrogens with zero attached hydrogens (tertiary/aromatic N) is 3. The fourth-order valence-electron chi connectivity index (χ4n) is 6.58. The second kappa shape index (κ2) is 14.9. The Balaban J connectivity index is 1.31. The monoisotopic (exact) mass is 737 g/mol. The number of imidazole rings is 1. The molecule has 2 aromatic carbocycles. The van der Waals surface area contributed by atoms with Crippen LogP contribution in [0.4, 0.5) is 31.4 Å². The number of benzene rings is 2. The molecule has 0 unspecified atom stereocenters. The van der Waals surface area contributed by atoms with E-state index in [0.717, 1.165) is 11.6 Å². The minimum atomic E-state index is -1.35. The van der Waals surface area contributed by atoms with Crippen LogP contribution in [0.3, 0.4) is 0 Å². The van der Waals surface area contributed by atoms with E-state index in [1.807, 2.05) is 10.8 Å². The predicted octanol–water partition coefficient (Wildman–Crippen LogP) is 7.12. The zero-order valence-corrected chi connectivity index (χ0v) is 31.0. The Morgan fingerprint density at radius 3 is 2.73 bits per heavy atom. The van der Waals surface area contributed by atoms with Gasteiger partial charge in [0.25, 0.3) is 0 Å². The predicted molar refractivity (Wildman–Crippen MR) is 196 cm³/mol. The maximum Gasteiger partial charge on any atom is 0.412 e. The molecule has 14 nitrogen and oxygen atoms in total. The number of fused-ring (bicyclic) bond motifs is 6. The third-order valence-electron chi connectivity index (χ3n) is 9.31. The molecule has 1 fully saturated rings. The molecule has 2 atom stereocenters. The minimum Gasteiger partial charge on any atom is -0.453 e. The zero-order chi connectivity index (χ0) is 36.3. The molecule has 2 bridgehead atoms. The summed E-state index contributed by atoms with van der Waals surface area (Å²) in [5.74, 6) is 0.432. The first-order chi connectivity index (χ1) is 24.3. The number of nitrogens with one attached hydrogen (secondary N) is 4. The number of methoxy groups -OCH3 is 1. The highest BCUT2D eigenvalue weighted by Gasteiger charge is 2.49. The first kappa shape index (κ1) is 36.2. The smallest absolute Gasteiger partial charge is 0.412 e. The van der Waals surface area contributed by atoms with Gasteiger partial charge >= 0.3 is 18.2 Å². The number of carbonyl (C=O) groups is 4. The molecule has 6 rings (SSSR count). The quantitative estimate of drug-likeness (QED) is 0.147. The zero-order valence-electron chi connectivity index (χ0n) is 29.3. The van der Waals surface area contributed by atoms with Crippen LogP contribution >= 0.6 is 11.6 Å². The van der Waals surface area contributed by atoms with Crippen molar-refractivity contribution < 1.29 is 33.4 Å². The van der Waals surface area contributed by atoms with E-state index in [9.17, 15) is 19.2 Å². The van der Waals surface area contributed by atoms with Crippen molar-refractivity contribution in [2.45, 2.75) is 76.2 Å². The fraction of sp³-hybridized carbons (Fsp3) is 0.457. The van der Waals surface area contributed by atoms with Crippen LogP contribution in [-0.2, 0) is 31.3 Å². The van der Waals surface area contributed by atoms with Gasteiger partial charge in [-0.3, -0.25) is 15.4 Å². The Hall–Kier alpha value is -4.60. The third-order valence-corrected chi connectivity index (χ3v) is 11.2. The molecule has 3 aliphatic rings. The van der Waals surface area contributed by atoms with Gasteiger partial charge in [0.15, 0.2) is 5.60 Å². The van der Waals surface area contributed by atoms with Crippen molar-refractivity contribution in [2.75, 3.05) is 42.8 Å². The Morgan fingerprint density at radius 1 is 1.12 bits per heavy atom. The topological polar surface area (TPSA) is 165 Å². The van der Waals surface area contributed by atoms with Gasteiger partial charge < -0.3 is 34.3 Å². The van der Waals surface area contributed by atoms with Gasteiger partial charge in [-0.2, -0.15) is 0 Å². The molecule has 0 saturated carbocycles. The summed E-state index contributed by atoms with van der Waals surface area (Å²) in [5, 5.41) is 12.1. The summed E-state index contributed by atoms with van der Waals surface area (Å²) in [6.07, 6.45) is 3.05. The van der Waals surface area contributed by atoms with Crippen molar-refractivity contribution in [3.05, 3.63) is 59.0 Å². The van der Waals surface area contributed by atoms with Crippen molar-refractivity contribution in [2.24, 2.45) is 0 Å². The molecule has 0 radical (unpaired) electrons.